The first-order chi connectivity index (χ1) is 7.65. The molecule has 0 aliphatic carbocycles. The Hall–Kier alpha value is -2.33. The third-order valence-corrected chi connectivity index (χ3v) is 2.53. The Morgan fingerprint density at radius 1 is 1.50 bits per heavy atom. The number of aldehydes is 1. The van der Waals surface area contributed by atoms with Gasteiger partial charge in [-0.25, -0.2) is 0 Å². The van der Waals surface area contributed by atoms with Gasteiger partial charge in [0.1, 0.15) is 0 Å². The van der Waals surface area contributed by atoms with Crippen molar-refractivity contribution < 1.29 is 4.79 Å². The Balaban J connectivity index is 3.38. The SMILES string of the molecule is Cc1c(N)c(C=O)cc(C#N)c1CCC#N. The van der Waals surface area contributed by atoms with E-state index < -0.39 is 0 Å². The smallest absolute Gasteiger partial charge is 0.152 e. The number of nitrogens with zero attached hydrogens (tertiary/aromatic N) is 2. The minimum Gasteiger partial charge on any atom is -0.398 e. The monoisotopic (exact) mass is 213 g/mol. The first kappa shape index (κ1) is 11.7. The molecular formula is C12H11N3O. The molecule has 0 unspecified atom stereocenters. The van der Waals surface area contributed by atoms with Gasteiger partial charge in [-0.1, -0.05) is 0 Å². The van der Waals surface area contributed by atoms with E-state index in [2.05, 4.69) is 0 Å². The summed E-state index contributed by atoms with van der Waals surface area (Å²) in [5.41, 5.74) is 8.38. The molecule has 0 saturated carbocycles. The molecule has 0 saturated heterocycles. The maximum atomic E-state index is 10.7. The maximum absolute atomic E-state index is 10.7. The van der Waals surface area contributed by atoms with Crippen LogP contribution in [-0.2, 0) is 6.42 Å². The summed E-state index contributed by atoms with van der Waals surface area (Å²) in [6.45, 7) is 1.76. The number of nitrogen functional groups attached to an aromatic ring is 1. The number of benzene rings is 1. The molecule has 1 aromatic rings. The van der Waals surface area contributed by atoms with Gasteiger partial charge in [0.2, 0.25) is 0 Å². The topological polar surface area (TPSA) is 90.7 Å². The molecule has 80 valence electrons. The molecule has 4 nitrogen and oxygen atoms in total. The molecule has 0 amide bonds. The van der Waals surface area contributed by atoms with Gasteiger partial charge < -0.3 is 5.73 Å². The van der Waals surface area contributed by atoms with E-state index in [0.717, 1.165) is 11.1 Å². The van der Waals surface area contributed by atoms with E-state index >= 15 is 0 Å². The van der Waals surface area contributed by atoms with Crippen molar-refractivity contribution in [3.63, 3.8) is 0 Å². The maximum Gasteiger partial charge on any atom is 0.152 e. The van der Waals surface area contributed by atoms with Crippen molar-refractivity contribution in [1.29, 1.82) is 10.5 Å². The fourth-order valence-corrected chi connectivity index (χ4v) is 1.60. The number of nitriles is 2. The van der Waals surface area contributed by atoms with Crippen molar-refractivity contribution in [2.24, 2.45) is 0 Å². The van der Waals surface area contributed by atoms with Crippen molar-refractivity contribution in [1.82, 2.24) is 0 Å². The highest BCUT2D eigenvalue weighted by molar-refractivity contribution is 5.86. The van der Waals surface area contributed by atoms with Gasteiger partial charge in [0.15, 0.2) is 6.29 Å². The molecule has 2 N–H and O–H groups in total. The molecule has 0 aliphatic heterocycles. The van der Waals surface area contributed by atoms with E-state index in [1.54, 1.807) is 6.92 Å². The third kappa shape index (κ3) is 2.02. The molecule has 0 bridgehead atoms. The Kier molecular flexibility index (Phi) is 3.63. The lowest BCUT2D eigenvalue weighted by molar-refractivity contribution is 0.112. The van der Waals surface area contributed by atoms with E-state index in [9.17, 15) is 4.79 Å². The van der Waals surface area contributed by atoms with Gasteiger partial charge in [-0.05, 0) is 30.5 Å². The van der Waals surface area contributed by atoms with Crippen molar-refractivity contribution >= 4 is 12.0 Å². The second kappa shape index (κ2) is 4.95. The predicted molar refractivity (Wildman–Crippen MR) is 59.6 cm³/mol. The van der Waals surface area contributed by atoms with Crippen molar-refractivity contribution in [3.05, 3.63) is 28.3 Å². The van der Waals surface area contributed by atoms with Crippen LogP contribution >= 0.6 is 0 Å². The standard InChI is InChI=1S/C12H11N3O/c1-8-11(3-2-4-13)9(6-14)5-10(7-16)12(8)15/h5,7H,2-3,15H2,1H3. The van der Waals surface area contributed by atoms with E-state index in [-0.39, 0.29) is 0 Å². The highest BCUT2D eigenvalue weighted by atomic mass is 16.1. The van der Waals surface area contributed by atoms with Crippen molar-refractivity contribution in [2.45, 2.75) is 19.8 Å². The number of carbonyl (C=O) groups excluding carboxylic acids is 1. The number of anilines is 1. The van der Waals surface area contributed by atoms with Gasteiger partial charge in [-0.2, -0.15) is 10.5 Å². The van der Waals surface area contributed by atoms with Crippen LogP contribution in [0.4, 0.5) is 5.69 Å². The average molecular weight is 213 g/mol. The van der Waals surface area contributed by atoms with Gasteiger partial charge in [0.25, 0.3) is 0 Å². The van der Waals surface area contributed by atoms with Crippen LogP contribution < -0.4 is 5.73 Å². The van der Waals surface area contributed by atoms with Gasteiger partial charge in [-0.15, -0.1) is 0 Å². The number of hydrogen-bond donors (Lipinski definition) is 1. The third-order valence-electron chi connectivity index (χ3n) is 2.53. The van der Waals surface area contributed by atoms with Crippen LogP contribution in [0.2, 0.25) is 0 Å². The molecule has 1 rings (SSSR count). The number of hydrogen-bond acceptors (Lipinski definition) is 4. The summed E-state index contributed by atoms with van der Waals surface area (Å²) in [7, 11) is 0. The van der Waals surface area contributed by atoms with E-state index in [0.29, 0.717) is 35.9 Å². The second-order valence-corrected chi connectivity index (χ2v) is 3.42. The summed E-state index contributed by atoms with van der Waals surface area (Å²) >= 11 is 0. The van der Waals surface area contributed by atoms with Gasteiger partial charge in [0, 0.05) is 17.7 Å². The summed E-state index contributed by atoms with van der Waals surface area (Å²) in [5, 5.41) is 17.5. The van der Waals surface area contributed by atoms with E-state index in [1.807, 2.05) is 12.1 Å². The highest BCUT2D eigenvalue weighted by Gasteiger charge is 2.12. The molecule has 16 heavy (non-hydrogen) atoms. The molecule has 0 aromatic heterocycles. The van der Waals surface area contributed by atoms with Crippen molar-refractivity contribution in [2.75, 3.05) is 5.73 Å². The first-order valence-corrected chi connectivity index (χ1v) is 4.79. The van der Waals surface area contributed by atoms with Gasteiger partial charge in [-0.3, -0.25) is 4.79 Å². The zero-order valence-electron chi connectivity index (χ0n) is 8.95. The van der Waals surface area contributed by atoms with Crippen LogP contribution in [0.1, 0.15) is 33.5 Å². The first-order valence-electron chi connectivity index (χ1n) is 4.79. The fraction of sp³-hybridized carbons (Fsp3) is 0.250. The van der Waals surface area contributed by atoms with Crippen LogP contribution in [0.25, 0.3) is 0 Å². The van der Waals surface area contributed by atoms with Crippen LogP contribution in [0, 0.1) is 29.6 Å². The zero-order valence-corrected chi connectivity index (χ0v) is 8.95. The molecular weight excluding hydrogens is 202 g/mol. The quantitative estimate of drug-likeness (QED) is 0.611. The van der Waals surface area contributed by atoms with Crippen molar-refractivity contribution in [3.8, 4) is 12.1 Å². The minimum absolute atomic E-state index is 0.328. The highest BCUT2D eigenvalue weighted by Crippen LogP contribution is 2.24. The number of carbonyl (C=O) groups is 1. The average Bonchev–Trinajstić information content (AvgIpc) is 2.31. The molecule has 0 atom stereocenters. The summed E-state index contributed by atoms with van der Waals surface area (Å²) < 4.78 is 0. The Morgan fingerprint density at radius 2 is 2.19 bits per heavy atom. The number of nitrogens with two attached hydrogens (primary N) is 1. The fourth-order valence-electron chi connectivity index (χ4n) is 1.60. The minimum atomic E-state index is 0.328. The molecule has 0 spiro atoms. The Bertz CT molecular complexity index is 506. The van der Waals surface area contributed by atoms with Gasteiger partial charge >= 0.3 is 0 Å². The summed E-state index contributed by atoms with van der Waals surface area (Å²) in [6, 6.07) is 5.52. The zero-order chi connectivity index (χ0) is 12.1. The van der Waals surface area contributed by atoms with E-state index in [1.165, 1.54) is 6.07 Å². The van der Waals surface area contributed by atoms with Crippen LogP contribution in [0.5, 0.6) is 0 Å². The van der Waals surface area contributed by atoms with Crippen LogP contribution in [0.3, 0.4) is 0 Å². The van der Waals surface area contributed by atoms with Gasteiger partial charge in [0.05, 0.1) is 17.7 Å². The Labute approximate surface area is 93.9 Å². The molecule has 4 heteroatoms. The lowest BCUT2D eigenvalue weighted by Gasteiger charge is -2.11. The number of rotatable bonds is 3. The van der Waals surface area contributed by atoms with Crippen LogP contribution in [-0.4, -0.2) is 6.29 Å². The molecule has 0 aliphatic rings. The summed E-state index contributed by atoms with van der Waals surface area (Å²) in [5.74, 6) is 0. The largest absolute Gasteiger partial charge is 0.398 e. The molecule has 0 radical (unpaired) electrons. The normalized spacial score (nSPS) is 9.19. The molecule has 0 fully saturated rings. The lowest BCUT2D eigenvalue weighted by Crippen LogP contribution is -2.03. The summed E-state index contributed by atoms with van der Waals surface area (Å²) in [6.07, 6.45) is 1.45. The second-order valence-electron chi connectivity index (χ2n) is 3.42. The van der Waals surface area contributed by atoms with E-state index in [4.69, 9.17) is 16.3 Å². The van der Waals surface area contributed by atoms with Crippen LogP contribution in [0.15, 0.2) is 6.07 Å². The molecule has 0 heterocycles. The lowest BCUT2D eigenvalue weighted by atomic mass is 9.94. The molecule has 1 aromatic carbocycles. The predicted octanol–water partition coefficient (Wildman–Crippen LogP) is 1.72. The summed E-state index contributed by atoms with van der Waals surface area (Å²) in [4.78, 5) is 10.7. The Morgan fingerprint density at radius 3 is 2.69 bits per heavy atom.